The molecule has 0 fully saturated rings. The van der Waals surface area contributed by atoms with E-state index in [4.69, 9.17) is 0 Å². The Morgan fingerprint density at radius 2 is 2.00 bits per heavy atom. The largest absolute Gasteiger partial charge is 0.249 e. The van der Waals surface area contributed by atoms with Crippen molar-refractivity contribution in [3.8, 4) is 0 Å². The fraction of sp³-hybridized carbons (Fsp3) is 0.100. The van der Waals surface area contributed by atoms with Gasteiger partial charge in [-0.2, -0.15) is 0 Å². The first-order chi connectivity index (χ1) is 5.29. The van der Waals surface area contributed by atoms with E-state index in [0.717, 1.165) is 11.1 Å². The maximum Gasteiger partial charge on any atom is 0.0712 e. The molecule has 0 aliphatic carbocycles. The van der Waals surface area contributed by atoms with Crippen LogP contribution in [0, 0.1) is 0 Å². The third-order valence-electron chi connectivity index (χ3n) is 2.00. The second-order valence-corrected chi connectivity index (χ2v) is 2.70. The first-order valence-electron chi connectivity index (χ1n) is 3.63. The van der Waals surface area contributed by atoms with E-state index in [9.17, 15) is 0 Å². The van der Waals surface area contributed by atoms with E-state index in [1.807, 2.05) is 18.2 Å². The number of hydrogen-bond donors (Lipinski definition) is 0. The van der Waals surface area contributed by atoms with Crippen LogP contribution >= 0.6 is 0 Å². The number of rotatable bonds is 0. The minimum Gasteiger partial charge on any atom is -0.249 e. The average molecular weight is 143 g/mol. The lowest BCUT2D eigenvalue weighted by Crippen LogP contribution is -2.21. The number of allylic oxidation sites excluding steroid dienone is 1. The van der Waals surface area contributed by atoms with Gasteiger partial charge in [-0.1, -0.05) is 24.8 Å². The number of para-hydroxylation sites is 1. The zero-order chi connectivity index (χ0) is 7.84. The van der Waals surface area contributed by atoms with E-state index in [1.54, 1.807) is 0 Å². The second kappa shape index (κ2) is 2.06. The molecule has 1 aromatic carbocycles. The Labute approximate surface area is 65.4 Å². The Morgan fingerprint density at radius 3 is 2.73 bits per heavy atom. The zero-order valence-electron chi connectivity index (χ0n) is 6.46. The number of nitrogens with zero attached hydrogens (tertiary/aromatic N) is 1. The van der Waals surface area contributed by atoms with Crippen LogP contribution in [-0.4, -0.2) is 0 Å². The summed E-state index contributed by atoms with van der Waals surface area (Å²) < 4.78 is 0. The normalized spacial score (nSPS) is 14.6. The smallest absolute Gasteiger partial charge is 0.0712 e. The molecule has 0 unspecified atom stereocenters. The molecule has 0 bridgehead atoms. The van der Waals surface area contributed by atoms with E-state index < -0.39 is 0 Å². The van der Waals surface area contributed by atoms with Crippen molar-refractivity contribution >= 4 is 5.57 Å². The molecule has 2 rings (SSSR count). The summed E-state index contributed by atoms with van der Waals surface area (Å²) in [7, 11) is 0. The minimum atomic E-state index is 0.895. The van der Waals surface area contributed by atoms with E-state index in [-0.39, 0.29) is 0 Å². The van der Waals surface area contributed by atoms with Gasteiger partial charge >= 0.3 is 0 Å². The van der Waals surface area contributed by atoms with Crippen molar-refractivity contribution < 1.29 is 0 Å². The fourth-order valence-corrected chi connectivity index (χ4v) is 1.27. The van der Waals surface area contributed by atoms with Crippen molar-refractivity contribution in [3.63, 3.8) is 0 Å². The molecule has 0 spiro atoms. The van der Waals surface area contributed by atoms with Crippen molar-refractivity contribution in [2.45, 2.75) is 6.92 Å². The Morgan fingerprint density at radius 1 is 1.27 bits per heavy atom. The summed E-state index contributed by atoms with van der Waals surface area (Å²) in [5, 5.41) is 2.27. The molecule has 54 valence electrons. The summed E-state index contributed by atoms with van der Waals surface area (Å²) >= 11 is 0. The summed E-state index contributed by atoms with van der Waals surface area (Å²) in [6.45, 7) is 5.90. The van der Waals surface area contributed by atoms with E-state index in [0.29, 0.717) is 0 Å². The van der Waals surface area contributed by atoms with Gasteiger partial charge in [0.15, 0.2) is 0 Å². The van der Waals surface area contributed by atoms with Crippen LogP contribution in [0.5, 0.6) is 0 Å². The topological polar surface area (TPSA) is 12.4 Å². The standard InChI is InChI=1S/C10H9N/c1-7-8(2)11-10-6-4-3-5-9(7)10/h3-6H,2H2,1H3. The average Bonchev–Trinajstić information content (AvgIpc) is 2.30. The van der Waals surface area contributed by atoms with Gasteiger partial charge in [0.2, 0.25) is 0 Å². The number of benzene rings is 1. The monoisotopic (exact) mass is 143 g/mol. The van der Waals surface area contributed by atoms with Gasteiger partial charge in [0.1, 0.15) is 0 Å². The van der Waals surface area contributed by atoms with Crippen LogP contribution in [0.4, 0.5) is 0 Å². The van der Waals surface area contributed by atoms with Crippen molar-refractivity contribution in [2.24, 2.45) is 4.99 Å². The SMILES string of the molecule is C=C1N=c2ccccc2=C1C. The first kappa shape index (κ1) is 6.35. The summed E-state index contributed by atoms with van der Waals surface area (Å²) in [5.41, 5.74) is 2.09. The molecule has 0 amide bonds. The van der Waals surface area contributed by atoms with Gasteiger partial charge in [-0.15, -0.1) is 0 Å². The van der Waals surface area contributed by atoms with Gasteiger partial charge in [0, 0.05) is 5.22 Å². The molecule has 0 aromatic heterocycles. The van der Waals surface area contributed by atoms with Crippen LogP contribution in [0.25, 0.3) is 5.57 Å². The lowest BCUT2D eigenvalue weighted by Gasteiger charge is -1.88. The minimum absolute atomic E-state index is 0.895. The molecule has 1 heteroatoms. The van der Waals surface area contributed by atoms with Crippen molar-refractivity contribution in [3.05, 3.63) is 47.1 Å². The highest BCUT2D eigenvalue weighted by molar-refractivity contribution is 5.62. The Balaban J connectivity index is 3.00. The van der Waals surface area contributed by atoms with Crippen molar-refractivity contribution in [2.75, 3.05) is 0 Å². The van der Waals surface area contributed by atoms with Gasteiger partial charge in [-0.05, 0) is 18.6 Å². The molecular weight excluding hydrogens is 134 g/mol. The lowest BCUT2D eigenvalue weighted by atomic mass is 10.2. The highest BCUT2D eigenvalue weighted by atomic mass is 14.8. The molecule has 0 saturated heterocycles. The third-order valence-corrected chi connectivity index (χ3v) is 2.00. The molecular formula is C10H9N. The first-order valence-corrected chi connectivity index (χ1v) is 3.63. The van der Waals surface area contributed by atoms with Gasteiger partial charge in [0.25, 0.3) is 0 Å². The molecule has 1 aliphatic rings. The summed E-state index contributed by atoms with van der Waals surface area (Å²) in [6.07, 6.45) is 0. The molecule has 0 N–H and O–H groups in total. The Bertz CT molecular complexity index is 426. The fourth-order valence-electron chi connectivity index (χ4n) is 1.27. The Kier molecular flexibility index (Phi) is 1.19. The van der Waals surface area contributed by atoms with Gasteiger partial charge in [-0.25, -0.2) is 4.99 Å². The van der Waals surface area contributed by atoms with Crippen molar-refractivity contribution in [1.82, 2.24) is 0 Å². The molecule has 11 heavy (non-hydrogen) atoms. The molecule has 1 heterocycles. The number of fused-ring (bicyclic) bond motifs is 1. The van der Waals surface area contributed by atoms with E-state index in [1.165, 1.54) is 10.8 Å². The summed E-state index contributed by atoms with van der Waals surface area (Å²) in [4.78, 5) is 4.30. The Hall–Kier alpha value is -1.37. The molecule has 1 aromatic rings. The zero-order valence-corrected chi connectivity index (χ0v) is 6.46. The van der Waals surface area contributed by atoms with Gasteiger partial charge < -0.3 is 0 Å². The van der Waals surface area contributed by atoms with Crippen LogP contribution in [0.3, 0.4) is 0 Å². The van der Waals surface area contributed by atoms with Crippen molar-refractivity contribution in [1.29, 1.82) is 0 Å². The molecule has 1 aliphatic heterocycles. The summed E-state index contributed by atoms with van der Waals surface area (Å²) in [5.74, 6) is 0. The van der Waals surface area contributed by atoms with Crippen LogP contribution in [-0.2, 0) is 0 Å². The maximum atomic E-state index is 4.30. The van der Waals surface area contributed by atoms with E-state index >= 15 is 0 Å². The van der Waals surface area contributed by atoms with E-state index in [2.05, 4.69) is 24.6 Å². The maximum absolute atomic E-state index is 4.30. The molecule has 0 saturated carbocycles. The highest BCUT2D eigenvalue weighted by Crippen LogP contribution is 2.08. The van der Waals surface area contributed by atoms with Gasteiger partial charge in [-0.3, -0.25) is 0 Å². The van der Waals surface area contributed by atoms with Crippen LogP contribution in [0.2, 0.25) is 0 Å². The molecule has 0 radical (unpaired) electrons. The molecule has 1 nitrogen and oxygen atoms in total. The molecule has 0 atom stereocenters. The van der Waals surface area contributed by atoms with Crippen LogP contribution in [0.15, 0.2) is 41.5 Å². The number of hydrogen-bond acceptors (Lipinski definition) is 1. The quantitative estimate of drug-likeness (QED) is 0.514. The third kappa shape index (κ3) is 0.811. The van der Waals surface area contributed by atoms with Crippen LogP contribution in [0.1, 0.15) is 6.92 Å². The predicted octanol–water partition coefficient (Wildman–Crippen LogP) is 1.00. The lowest BCUT2D eigenvalue weighted by molar-refractivity contribution is 1.32. The summed E-state index contributed by atoms with van der Waals surface area (Å²) in [6, 6.07) is 8.11. The predicted molar refractivity (Wildman–Crippen MR) is 45.4 cm³/mol. The highest BCUT2D eigenvalue weighted by Gasteiger charge is 2.03. The van der Waals surface area contributed by atoms with Crippen LogP contribution < -0.4 is 10.6 Å². The second-order valence-electron chi connectivity index (χ2n) is 2.70. The van der Waals surface area contributed by atoms with Gasteiger partial charge in [0.05, 0.1) is 11.1 Å².